The van der Waals surface area contributed by atoms with Crippen molar-refractivity contribution < 1.29 is 14.3 Å². The SMILES string of the molecule is COC(=O)c1ccc(C)c(NCC(=O)Nc2cccc(C#N)c2)c1. The van der Waals surface area contributed by atoms with Crippen LogP contribution in [-0.2, 0) is 9.53 Å². The number of rotatable bonds is 5. The number of hydrogen-bond donors (Lipinski definition) is 2. The number of carbonyl (C=O) groups excluding carboxylic acids is 2. The lowest BCUT2D eigenvalue weighted by Gasteiger charge is -2.11. The molecule has 0 heterocycles. The monoisotopic (exact) mass is 323 g/mol. The van der Waals surface area contributed by atoms with Gasteiger partial charge in [0.15, 0.2) is 0 Å². The minimum atomic E-state index is -0.434. The Morgan fingerprint density at radius 2 is 2.00 bits per heavy atom. The van der Waals surface area contributed by atoms with Crippen molar-refractivity contribution >= 4 is 23.3 Å². The smallest absolute Gasteiger partial charge is 0.337 e. The molecule has 0 saturated heterocycles. The molecule has 0 fully saturated rings. The first kappa shape index (κ1) is 17.0. The first-order chi connectivity index (χ1) is 11.5. The van der Waals surface area contributed by atoms with Crippen molar-refractivity contribution in [1.82, 2.24) is 0 Å². The molecule has 0 aliphatic heterocycles. The van der Waals surface area contributed by atoms with Crippen LogP contribution in [0.1, 0.15) is 21.5 Å². The maximum Gasteiger partial charge on any atom is 0.337 e. The number of aryl methyl sites for hydroxylation is 1. The number of nitrogens with zero attached hydrogens (tertiary/aromatic N) is 1. The van der Waals surface area contributed by atoms with Crippen molar-refractivity contribution in [3.05, 3.63) is 59.2 Å². The number of ether oxygens (including phenoxy) is 1. The lowest BCUT2D eigenvalue weighted by Crippen LogP contribution is -2.22. The molecule has 2 aromatic rings. The average molecular weight is 323 g/mol. The van der Waals surface area contributed by atoms with E-state index in [-0.39, 0.29) is 12.5 Å². The van der Waals surface area contributed by atoms with Gasteiger partial charge in [-0.15, -0.1) is 0 Å². The highest BCUT2D eigenvalue weighted by atomic mass is 16.5. The van der Waals surface area contributed by atoms with E-state index < -0.39 is 5.97 Å². The molecule has 1 amide bonds. The van der Waals surface area contributed by atoms with Gasteiger partial charge in [-0.2, -0.15) is 5.26 Å². The largest absolute Gasteiger partial charge is 0.465 e. The Labute approximate surface area is 140 Å². The summed E-state index contributed by atoms with van der Waals surface area (Å²) in [6.07, 6.45) is 0. The summed E-state index contributed by atoms with van der Waals surface area (Å²) in [7, 11) is 1.32. The fraction of sp³-hybridized carbons (Fsp3) is 0.167. The third-order valence-corrected chi connectivity index (χ3v) is 3.37. The molecule has 2 N–H and O–H groups in total. The van der Waals surface area contributed by atoms with Crippen molar-refractivity contribution in [2.24, 2.45) is 0 Å². The maximum atomic E-state index is 12.0. The van der Waals surface area contributed by atoms with E-state index in [1.165, 1.54) is 7.11 Å². The summed E-state index contributed by atoms with van der Waals surface area (Å²) in [5.41, 5.74) is 3.02. The van der Waals surface area contributed by atoms with E-state index in [2.05, 4.69) is 15.4 Å². The van der Waals surface area contributed by atoms with E-state index >= 15 is 0 Å². The predicted molar refractivity (Wildman–Crippen MR) is 90.8 cm³/mol. The van der Waals surface area contributed by atoms with Crippen LogP contribution in [0.15, 0.2) is 42.5 Å². The minimum Gasteiger partial charge on any atom is -0.465 e. The third kappa shape index (κ3) is 4.34. The molecule has 24 heavy (non-hydrogen) atoms. The molecule has 0 radical (unpaired) electrons. The number of hydrogen-bond acceptors (Lipinski definition) is 5. The Balaban J connectivity index is 2.01. The number of benzene rings is 2. The zero-order valence-electron chi connectivity index (χ0n) is 13.4. The molecule has 2 aromatic carbocycles. The molecule has 0 unspecified atom stereocenters. The van der Waals surface area contributed by atoms with E-state index in [1.54, 1.807) is 42.5 Å². The zero-order valence-corrected chi connectivity index (χ0v) is 13.4. The second kappa shape index (κ2) is 7.79. The van der Waals surface area contributed by atoms with E-state index in [0.717, 1.165) is 5.56 Å². The number of anilines is 2. The van der Waals surface area contributed by atoms with Crippen molar-refractivity contribution in [3.63, 3.8) is 0 Å². The normalized spacial score (nSPS) is 9.71. The molecule has 0 saturated carbocycles. The van der Waals surface area contributed by atoms with Crippen LogP contribution in [0.25, 0.3) is 0 Å². The summed E-state index contributed by atoms with van der Waals surface area (Å²) >= 11 is 0. The molecule has 0 atom stereocenters. The van der Waals surface area contributed by atoms with E-state index in [4.69, 9.17) is 5.26 Å². The molecular formula is C18H17N3O3. The van der Waals surface area contributed by atoms with Gasteiger partial charge in [-0.25, -0.2) is 4.79 Å². The highest BCUT2D eigenvalue weighted by Gasteiger charge is 2.09. The number of nitriles is 1. The molecule has 6 heteroatoms. The molecule has 0 aliphatic carbocycles. The van der Waals surface area contributed by atoms with E-state index in [9.17, 15) is 9.59 Å². The van der Waals surface area contributed by atoms with Gasteiger partial charge >= 0.3 is 5.97 Å². The van der Waals surface area contributed by atoms with Gasteiger partial charge in [0.05, 0.1) is 30.9 Å². The molecular weight excluding hydrogens is 306 g/mol. The summed E-state index contributed by atoms with van der Waals surface area (Å²) in [5, 5.41) is 14.6. The Bertz CT molecular complexity index is 809. The maximum absolute atomic E-state index is 12.0. The summed E-state index contributed by atoms with van der Waals surface area (Å²) in [4.78, 5) is 23.6. The highest BCUT2D eigenvalue weighted by Crippen LogP contribution is 2.17. The fourth-order valence-corrected chi connectivity index (χ4v) is 2.10. The quantitative estimate of drug-likeness (QED) is 0.826. The molecule has 2 rings (SSSR count). The molecule has 0 bridgehead atoms. The summed E-state index contributed by atoms with van der Waals surface area (Å²) in [5.74, 6) is -0.691. The van der Waals surface area contributed by atoms with E-state index in [1.807, 2.05) is 13.0 Å². The summed E-state index contributed by atoms with van der Waals surface area (Å²) in [6.45, 7) is 1.90. The summed E-state index contributed by atoms with van der Waals surface area (Å²) in [6, 6.07) is 13.8. The van der Waals surface area contributed by atoms with Gasteiger partial charge in [-0.1, -0.05) is 12.1 Å². The van der Waals surface area contributed by atoms with Crippen molar-refractivity contribution in [1.29, 1.82) is 5.26 Å². The van der Waals surface area contributed by atoms with Crippen LogP contribution in [0.4, 0.5) is 11.4 Å². The lowest BCUT2D eigenvalue weighted by molar-refractivity contribution is -0.114. The van der Waals surface area contributed by atoms with Crippen LogP contribution in [0, 0.1) is 18.3 Å². The van der Waals surface area contributed by atoms with Gasteiger partial charge in [0.2, 0.25) is 5.91 Å². The van der Waals surface area contributed by atoms with Crippen LogP contribution >= 0.6 is 0 Å². The first-order valence-electron chi connectivity index (χ1n) is 7.26. The molecule has 0 spiro atoms. The first-order valence-corrected chi connectivity index (χ1v) is 7.26. The second-order valence-corrected chi connectivity index (χ2v) is 5.12. The van der Waals surface area contributed by atoms with Gasteiger partial charge in [-0.05, 0) is 42.8 Å². The number of nitrogens with one attached hydrogen (secondary N) is 2. The van der Waals surface area contributed by atoms with Crippen molar-refractivity contribution in [2.45, 2.75) is 6.92 Å². The number of carbonyl (C=O) groups is 2. The van der Waals surface area contributed by atoms with Gasteiger partial charge in [0.1, 0.15) is 0 Å². The molecule has 0 aromatic heterocycles. The predicted octanol–water partition coefficient (Wildman–Crippen LogP) is 2.70. The molecule has 0 aliphatic rings. The Hall–Kier alpha value is -3.33. The van der Waals surface area contributed by atoms with Crippen LogP contribution < -0.4 is 10.6 Å². The van der Waals surface area contributed by atoms with E-state index in [0.29, 0.717) is 22.5 Å². The number of esters is 1. The van der Waals surface area contributed by atoms with Crippen LogP contribution in [-0.4, -0.2) is 25.5 Å². The Morgan fingerprint density at radius 3 is 2.71 bits per heavy atom. The van der Waals surface area contributed by atoms with Gasteiger partial charge in [-0.3, -0.25) is 4.79 Å². The van der Waals surface area contributed by atoms with Crippen molar-refractivity contribution in [3.8, 4) is 6.07 Å². The molecule has 6 nitrogen and oxygen atoms in total. The van der Waals surface area contributed by atoms with Gasteiger partial charge in [0, 0.05) is 11.4 Å². The number of methoxy groups -OCH3 is 1. The third-order valence-electron chi connectivity index (χ3n) is 3.37. The number of amides is 1. The molecule has 122 valence electrons. The topological polar surface area (TPSA) is 91.2 Å². The Morgan fingerprint density at radius 1 is 1.21 bits per heavy atom. The zero-order chi connectivity index (χ0) is 17.5. The fourth-order valence-electron chi connectivity index (χ4n) is 2.10. The Kier molecular flexibility index (Phi) is 5.53. The minimum absolute atomic E-state index is 0.0300. The standard InChI is InChI=1S/C18H17N3O3/c1-12-6-7-14(18(23)24-2)9-16(12)20-11-17(22)21-15-5-3-4-13(8-15)10-19/h3-9,20H,11H2,1-2H3,(H,21,22). The summed E-state index contributed by atoms with van der Waals surface area (Å²) < 4.78 is 4.69. The van der Waals surface area contributed by atoms with Gasteiger partial charge < -0.3 is 15.4 Å². The van der Waals surface area contributed by atoms with Crippen LogP contribution in [0.3, 0.4) is 0 Å². The average Bonchev–Trinajstić information content (AvgIpc) is 2.60. The highest BCUT2D eigenvalue weighted by molar-refractivity contribution is 5.94. The van der Waals surface area contributed by atoms with Crippen molar-refractivity contribution in [2.75, 3.05) is 24.3 Å². The van der Waals surface area contributed by atoms with Crippen LogP contribution in [0.2, 0.25) is 0 Å². The van der Waals surface area contributed by atoms with Crippen LogP contribution in [0.5, 0.6) is 0 Å². The lowest BCUT2D eigenvalue weighted by atomic mass is 10.1. The second-order valence-electron chi connectivity index (χ2n) is 5.12. The van der Waals surface area contributed by atoms with Gasteiger partial charge in [0.25, 0.3) is 0 Å².